The van der Waals surface area contributed by atoms with Crippen molar-refractivity contribution in [3.63, 3.8) is 0 Å². The Hall–Kier alpha value is -2.15. The van der Waals surface area contributed by atoms with Gasteiger partial charge in [0.05, 0.1) is 12.1 Å². The molecule has 1 fully saturated rings. The fraction of sp³-hybridized carbons (Fsp3) is 0.235. The normalized spacial score (nSPS) is 26.3. The molecule has 1 aliphatic heterocycles. The molecule has 0 bridgehead atoms. The molecule has 1 saturated heterocycles. The molecule has 20 heavy (non-hydrogen) atoms. The van der Waals surface area contributed by atoms with Crippen LogP contribution in [0.25, 0.3) is 0 Å². The predicted molar refractivity (Wildman–Crippen MR) is 76.6 cm³/mol. The van der Waals surface area contributed by atoms with Gasteiger partial charge in [-0.15, -0.1) is 0 Å². The highest BCUT2D eigenvalue weighted by atomic mass is 16.7. The van der Waals surface area contributed by atoms with Crippen molar-refractivity contribution in [1.29, 1.82) is 5.26 Å². The van der Waals surface area contributed by atoms with Gasteiger partial charge in [0.2, 0.25) is 0 Å². The summed E-state index contributed by atoms with van der Waals surface area (Å²) >= 11 is 0. The third-order valence-corrected chi connectivity index (χ3v) is 3.79. The fourth-order valence-corrected chi connectivity index (χ4v) is 2.91. The molecule has 2 aromatic carbocycles. The molecule has 3 nitrogen and oxygen atoms in total. The van der Waals surface area contributed by atoms with Gasteiger partial charge < -0.3 is 0 Å². The van der Waals surface area contributed by atoms with Crippen LogP contribution in [0.2, 0.25) is 0 Å². The monoisotopic (exact) mass is 264 g/mol. The summed E-state index contributed by atoms with van der Waals surface area (Å²) in [6, 6.07) is 22.7. The molecule has 0 unspecified atom stereocenters. The minimum absolute atomic E-state index is 0.0219. The molecule has 1 aliphatic rings. The highest BCUT2D eigenvalue weighted by Gasteiger charge is 2.43. The summed E-state index contributed by atoms with van der Waals surface area (Å²) in [4.78, 5) is 5.72. The summed E-state index contributed by atoms with van der Waals surface area (Å²) in [6.45, 7) is 0. The van der Waals surface area contributed by atoms with Gasteiger partial charge in [0.15, 0.2) is 6.10 Å². The number of likely N-dealkylation sites (N-methyl/N-ethyl adjacent to an activating group) is 1. The van der Waals surface area contributed by atoms with Crippen LogP contribution in [0.3, 0.4) is 0 Å². The molecule has 100 valence electrons. The number of nitrogens with zero attached hydrogens (tertiary/aromatic N) is 2. The van der Waals surface area contributed by atoms with Crippen LogP contribution >= 0.6 is 0 Å². The lowest BCUT2D eigenvalue weighted by molar-refractivity contribution is -0.129. The van der Waals surface area contributed by atoms with Gasteiger partial charge in [-0.1, -0.05) is 60.7 Å². The lowest BCUT2D eigenvalue weighted by Gasteiger charge is -2.23. The predicted octanol–water partition coefficient (Wildman–Crippen LogP) is 3.28. The highest BCUT2D eigenvalue weighted by Crippen LogP contribution is 2.44. The quantitative estimate of drug-likeness (QED) is 0.835. The maximum atomic E-state index is 9.38. The van der Waals surface area contributed by atoms with E-state index in [1.165, 1.54) is 5.56 Å². The standard InChI is InChI=1S/C17H16N2O/c1-19-17(14-10-6-3-7-11-14)16(15(12-18)20-19)13-8-4-2-5-9-13/h2-11,15-17H,1H3/t15-,16-,17+/m1/s1. The Morgan fingerprint density at radius 1 is 0.950 bits per heavy atom. The molecule has 0 aromatic heterocycles. The number of nitriles is 1. The minimum atomic E-state index is -0.451. The van der Waals surface area contributed by atoms with Crippen molar-refractivity contribution in [3.05, 3.63) is 71.8 Å². The average Bonchev–Trinajstić information content (AvgIpc) is 2.85. The van der Waals surface area contributed by atoms with Crippen molar-refractivity contribution in [1.82, 2.24) is 5.06 Å². The summed E-state index contributed by atoms with van der Waals surface area (Å²) in [6.07, 6.45) is -0.451. The van der Waals surface area contributed by atoms with Gasteiger partial charge in [-0.3, -0.25) is 4.84 Å². The largest absolute Gasteiger partial charge is 0.279 e. The molecule has 0 saturated carbocycles. The van der Waals surface area contributed by atoms with Crippen LogP contribution in [0.5, 0.6) is 0 Å². The first-order valence-electron chi connectivity index (χ1n) is 6.70. The highest BCUT2D eigenvalue weighted by molar-refractivity contribution is 5.32. The van der Waals surface area contributed by atoms with E-state index in [-0.39, 0.29) is 12.0 Å². The van der Waals surface area contributed by atoms with Crippen LogP contribution in [-0.4, -0.2) is 18.2 Å². The zero-order chi connectivity index (χ0) is 13.9. The fourth-order valence-electron chi connectivity index (χ4n) is 2.91. The van der Waals surface area contributed by atoms with E-state index >= 15 is 0 Å². The maximum Gasteiger partial charge on any atom is 0.174 e. The average molecular weight is 264 g/mol. The molecular formula is C17H16N2O. The summed E-state index contributed by atoms with van der Waals surface area (Å²) < 4.78 is 0. The van der Waals surface area contributed by atoms with Gasteiger partial charge in [-0.05, 0) is 11.1 Å². The third kappa shape index (κ3) is 2.20. The van der Waals surface area contributed by atoms with Crippen LogP contribution < -0.4 is 0 Å². The first-order chi connectivity index (χ1) is 9.81. The van der Waals surface area contributed by atoms with Gasteiger partial charge in [0.1, 0.15) is 0 Å². The SMILES string of the molecule is CN1O[C@H](C#N)[C@@H](c2ccccc2)[C@@H]1c1ccccc1. The van der Waals surface area contributed by atoms with E-state index in [2.05, 4.69) is 30.3 Å². The lowest BCUT2D eigenvalue weighted by Crippen LogP contribution is -2.19. The van der Waals surface area contributed by atoms with Gasteiger partial charge in [0, 0.05) is 13.0 Å². The van der Waals surface area contributed by atoms with Gasteiger partial charge in [-0.25, -0.2) is 0 Å². The van der Waals surface area contributed by atoms with Crippen LogP contribution in [0, 0.1) is 11.3 Å². The third-order valence-electron chi connectivity index (χ3n) is 3.79. The molecule has 0 amide bonds. The van der Waals surface area contributed by atoms with Crippen LogP contribution in [0.1, 0.15) is 23.1 Å². The summed E-state index contributed by atoms with van der Waals surface area (Å²) in [7, 11) is 1.89. The van der Waals surface area contributed by atoms with Crippen molar-refractivity contribution in [3.8, 4) is 6.07 Å². The van der Waals surface area contributed by atoms with Crippen molar-refractivity contribution >= 4 is 0 Å². The van der Waals surface area contributed by atoms with Crippen molar-refractivity contribution in [2.75, 3.05) is 7.05 Å². The summed E-state index contributed by atoms with van der Waals surface area (Å²) in [5.41, 5.74) is 2.30. The molecule has 0 spiro atoms. The number of hydrogen-bond donors (Lipinski definition) is 0. The first-order valence-corrected chi connectivity index (χ1v) is 6.70. The topological polar surface area (TPSA) is 36.3 Å². The molecule has 1 heterocycles. The lowest BCUT2D eigenvalue weighted by atomic mass is 9.84. The molecule has 3 rings (SSSR count). The summed E-state index contributed by atoms with van der Waals surface area (Å²) in [5.74, 6) is 0.0219. The van der Waals surface area contributed by atoms with Gasteiger partial charge >= 0.3 is 0 Å². The van der Waals surface area contributed by atoms with Crippen LogP contribution in [-0.2, 0) is 4.84 Å². The molecule has 0 radical (unpaired) electrons. The molecule has 0 N–H and O–H groups in total. The molecule has 3 heteroatoms. The second kappa shape index (κ2) is 5.46. The zero-order valence-electron chi connectivity index (χ0n) is 11.3. The second-order valence-corrected chi connectivity index (χ2v) is 4.99. The first kappa shape index (κ1) is 12.9. The smallest absolute Gasteiger partial charge is 0.174 e. The van der Waals surface area contributed by atoms with Crippen molar-refractivity contribution < 1.29 is 4.84 Å². The minimum Gasteiger partial charge on any atom is -0.279 e. The Morgan fingerprint density at radius 2 is 1.50 bits per heavy atom. The van der Waals surface area contributed by atoms with E-state index < -0.39 is 6.10 Å². The molecule has 3 atom stereocenters. The Morgan fingerprint density at radius 3 is 2.05 bits per heavy atom. The van der Waals surface area contributed by atoms with E-state index in [4.69, 9.17) is 4.84 Å². The molecule has 2 aromatic rings. The van der Waals surface area contributed by atoms with E-state index in [0.717, 1.165) is 5.56 Å². The van der Waals surface area contributed by atoms with Gasteiger partial charge in [-0.2, -0.15) is 10.3 Å². The Balaban J connectivity index is 2.05. The van der Waals surface area contributed by atoms with Crippen LogP contribution in [0.15, 0.2) is 60.7 Å². The van der Waals surface area contributed by atoms with Gasteiger partial charge in [0.25, 0.3) is 0 Å². The van der Waals surface area contributed by atoms with E-state index in [0.29, 0.717) is 0 Å². The molecular weight excluding hydrogens is 248 g/mol. The summed E-state index contributed by atoms with van der Waals surface area (Å²) in [5, 5.41) is 11.2. The Kier molecular flexibility index (Phi) is 3.51. The number of hydroxylamine groups is 2. The van der Waals surface area contributed by atoms with E-state index in [9.17, 15) is 5.26 Å². The van der Waals surface area contributed by atoms with Crippen LogP contribution in [0.4, 0.5) is 0 Å². The van der Waals surface area contributed by atoms with E-state index in [1.54, 1.807) is 5.06 Å². The zero-order valence-corrected chi connectivity index (χ0v) is 11.3. The Bertz CT molecular complexity index is 606. The molecule has 0 aliphatic carbocycles. The second-order valence-electron chi connectivity index (χ2n) is 4.99. The van der Waals surface area contributed by atoms with Crippen molar-refractivity contribution in [2.45, 2.75) is 18.1 Å². The maximum absolute atomic E-state index is 9.38. The number of hydrogen-bond acceptors (Lipinski definition) is 3. The Labute approximate surface area is 119 Å². The number of benzene rings is 2. The number of rotatable bonds is 2. The van der Waals surface area contributed by atoms with E-state index in [1.807, 2.05) is 43.4 Å². The van der Waals surface area contributed by atoms with Crippen molar-refractivity contribution in [2.24, 2.45) is 0 Å².